The lowest BCUT2D eigenvalue weighted by molar-refractivity contribution is -0.127. The lowest BCUT2D eigenvalue weighted by Crippen LogP contribution is -2.60. The van der Waals surface area contributed by atoms with Crippen LogP contribution in [0.1, 0.15) is 12.5 Å². The molecule has 5 heteroatoms. The summed E-state index contributed by atoms with van der Waals surface area (Å²) in [4.78, 5) is 14.3. The SMILES string of the molecule is CNC(=O)C1CNCCN1C(C)Cc1ccccc1OC. The highest BCUT2D eigenvalue weighted by atomic mass is 16.5. The van der Waals surface area contributed by atoms with E-state index in [9.17, 15) is 4.79 Å². The number of carbonyl (C=O) groups is 1. The van der Waals surface area contributed by atoms with Gasteiger partial charge in [0.15, 0.2) is 0 Å². The van der Waals surface area contributed by atoms with Crippen LogP contribution in [0.25, 0.3) is 0 Å². The molecule has 0 aliphatic carbocycles. The van der Waals surface area contributed by atoms with Crippen molar-refractivity contribution in [3.05, 3.63) is 29.8 Å². The van der Waals surface area contributed by atoms with Crippen molar-refractivity contribution in [2.75, 3.05) is 33.8 Å². The number of hydrogen-bond acceptors (Lipinski definition) is 4. The monoisotopic (exact) mass is 291 g/mol. The second-order valence-electron chi connectivity index (χ2n) is 5.44. The number of benzene rings is 1. The molecule has 1 heterocycles. The first-order valence-corrected chi connectivity index (χ1v) is 7.47. The summed E-state index contributed by atoms with van der Waals surface area (Å²) in [5.74, 6) is 0.991. The number of amides is 1. The van der Waals surface area contributed by atoms with Gasteiger partial charge in [0, 0.05) is 32.7 Å². The van der Waals surface area contributed by atoms with E-state index in [0.717, 1.165) is 25.3 Å². The number of likely N-dealkylation sites (N-methyl/N-ethyl adjacent to an activating group) is 1. The van der Waals surface area contributed by atoms with E-state index in [1.54, 1.807) is 14.2 Å². The van der Waals surface area contributed by atoms with Crippen LogP contribution in [0, 0.1) is 0 Å². The number of rotatable bonds is 5. The van der Waals surface area contributed by atoms with E-state index in [1.807, 2.05) is 18.2 Å². The Morgan fingerprint density at radius 3 is 3.00 bits per heavy atom. The molecule has 1 aliphatic heterocycles. The normalized spacial score (nSPS) is 20.8. The average Bonchev–Trinajstić information content (AvgIpc) is 2.54. The predicted molar refractivity (Wildman–Crippen MR) is 83.6 cm³/mol. The fourth-order valence-corrected chi connectivity index (χ4v) is 2.96. The number of nitrogens with zero attached hydrogens (tertiary/aromatic N) is 1. The van der Waals surface area contributed by atoms with Crippen molar-refractivity contribution in [3.63, 3.8) is 0 Å². The molecule has 2 rings (SSSR count). The van der Waals surface area contributed by atoms with E-state index >= 15 is 0 Å². The third kappa shape index (κ3) is 3.74. The van der Waals surface area contributed by atoms with Gasteiger partial charge in [-0.1, -0.05) is 18.2 Å². The number of piperazine rings is 1. The van der Waals surface area contributed by atoms with E-state index in [-0.39, 0.29) is 18.0 Å². The van der Waals surface area contributed by atoms with Crippen molar-refractivity contribution in [1.82, 2.24) is 15.5 Å². The molecule has 1 aromatic rings. The molecule has 0 bridgehead atoms. The molecule has 5 nitrogen and oxygen atoms in total. The van der Waals surface area contributed by atoms with Gasteiger partial charge in [-0.05, 0) is 25.0 Å². The largest absolute Gasteiger partial charge is 0.496 e. The smallest absolute Gasteiger partial charge is 0.238 e. The molecule has 1 saturated heterocycles. The molecule has 0 spiro atoms. The quantitative estimate of drug-likeness (QED) is 0.836. The highest BCUT2D eigenvalue weighted by Gasteiger charge is 2.31. The van der Waals surface area contributed by atoms with Crippen molar-refractivity contribution in [1.29, 1.82) is 0 Å². The van der Waals surface area contributed by atoms with Gasteiger partial charge in [0.2, 0.25) is 5.91 Å². The molecule has 1 aliphatic rings. The summed E-state index contributed by atoms with van der Waals surface area (Å²) in [5, 5.41) is 6.05. The van der Waals surface area contributed by atoms with E-state index in [0.29, 0.717) is 6.54 Å². The minimum Gasteiger partial charge on any atom is -0.496 e. The van der Waals surface area contributed by atoms with Crippen LogP contribution < -0.4 is 15.4 Å². The van der Waals surface area contributed by atoms with Gasteiger partial charge in [0.25, 0.3) is 0 Å². The summed E-state index contributed by atoms with van der Waals surface area (Å²) in [7, 11) is 3.39. The Morgan fingerprint density at radius 2 is 2.29 bits per heavy atom. The van der Waals surface area contributed by atoms with Gasteiger partial charge < -0.3 is 15.4 Å². The lowest BCUT2D eigenvalue weighted by Gasteiger charge is -2.39. The van der Waals surface area contributed by atoms with Gasteiger partial charge in [-0.2, -0.15) is 0 Å². The predicted octanol–water partition coefficient (Wildman–Crippen LogP) is 0.646. The van der Waals surface area contributed by atoms with Crippen LogP contribution >= 0.6 is 0 Å². The Morgan fingerprint density at radius 1 is 1.52 bits per heavy atom. The fraction of sp³-hybridized carbons (Fsp3) is 0.562. The third-order valence-corrected chi connectivity index (χ3v) is 4.11. The second-order valence-corrected chi connectivity index (χ2v) is 5.44. The van der Waals surface area contributed by atoms with Crippen LogP contribution in [-0.4, -0.2) is 56.7 Å². The molecule has 116 valence electrons. The number of carbonyl (C=O) groups excluding carboxylic acids is 1. The van der Waals surface area contributed by atoms with Gasteiger partial charge in [-0.25, -0.2) is 0 Å². The Hall–Kier alpha value is -1.59. The highest BCUT2D eigenvalue weighted by molar-refractivity contribution is 5.81. The van der Waals surface area contributed by atoms with Gasteiger partial charge >= 0.3 is 0 Å². The van der Waals surface area contributed by atoms with Gasteiger partial charge in [0.1, 0.15) is 11.8 Å². The van der Waals surface area contributed by atoms with Crippen LogP contribution in [0.4, 0.5) is 0 Å². The Kier molecular flexibility index (Phi) is 5.59. The van der Waals surface area contributed by atoms with E-state index in [4.69, 9.17) is 4.74 Å². The molecule has 2 atom stereocenters. The van der Waals surface area contributed by atoms with Crippen LogP contribution in [0.2, 0.25) is 0 Å². The maximum atomic E-state index is 12.0. The van der Waals surface area contributed by atoms with Crippen molar-refractivity contribution < 1.29 is 9.53 Å². The third-order valence-electron chi connectivity index (χ3n) is 4.11. The summed E-state index contributed by atoms with van der Waals surface area (Å²) in [6.07, 6.45) is 0.873. The zero-order valence-corrected chi connectivity index (χ0v) is 13.1. The molecule has 2 unspecified atom stereocenters. The molecule has 1 amide bonds. The lowest BCUT2D eigenvalue weighted by atomic mass is 10.0. The first kappa shape index (κ1) is 15.8. The van der Waals surface area contributed by atoms with E-state index in [2.05, 4.69) is 28.5 Å². The Bertz CT molecular complexity index is 478. The molecule has 1 aromatic carbocycles. The molecule has 1 fully saturated rings. The zero-order valence-electron chi connectivity index (χ0n) is 13.1. The number of para-hydroxylation sites is 1. The average molecular weight is 291 g/mol. The first-order chi connectivity index (χ1) is 10.2. The van der Waals surface area contributed by atoms with Gasteiger partial charge in [0.05, 0.1) is 7.11 Å². The second kappa shape index (κ2) is 7.43. The standard InChI is InChI=1S/C16H25N3O2/c1-12(10-13-6-4-5-7-15(13)21-3)19-9-8-18-11-14(19)16(20)17-2/h4-7,12,14,18H,8-11H2,1-3H3,(H,17,20). The first-order valence-electron chi connectivity index (χ1n) is 7.47. The maximum Gasteiger partial charge on any atom is 0.238 e. The van der Waals surface area contributed by atoms with Crippen molar-refractivity contribution >= 4 is 5.91 Å². The molecule has 2 N–H and O–H groups in total. The minimum absolute atomic E-state index is 0.0778. The molecule has 0 radical (unpaired) electrons. The van der Waals surface area contributed by atoms with Gasteiger partial charge in [-0.3, -0.25) is 9.69 Å². The molecule has 0 saturated carbocycles. The summed E-state index contributed by atoms with van der Waals surface area (Å²) in [6.45, 7) is 4.68. The molecule has 21 heavy (non-hydrogen) atoms. The number of nitrogens with one attached hydrogen (secondary N) is 2. The van der Waals surface area contributed by atoms with Crippen molar-refractivity contribution in [2.45, 2.75) is 25.4 Å². The fourth-order valence-electron chi connectivity index (χ4n) is 2.96. The minimum atomic E-state index is -0.103. The van der Waals surface area contributed by atoms with Crippen LogP contribution in [0.15, 0.2) is 24.3 Å². The van der Waals surface area contributed by atoms with E-state index < -0.39 is 0 Å². The van der Waals surface area contributed by atoms with Crippen LogP contribution in [-0.2, 0) is 11.2 Å². The number of methoxy groups -OCH3 is 1. The number of hydrogen-bond donors (Lipinski definition) is 2. The van der Waals surface area contributed by atoms with E-state index in [1.165, 1.54) is 5.56 Å². The van der Waals surface area contributed by atoms with Crippen LogP contribution in [0.3, 0.4) is 0 Å². The summed E-state index contributed by atoms with van der Waals surface area (Å²) in [5.41, 5.74) is 1.18. The van der Waals surface area contributed by atoms with Crippen LogP contribution in [0.5, 0.6) is 5.75 Å². The Labute approximate surface area is 126 Å². The van der Waals surface area contributed by atoms with Gasteiger partial charge in [-0.15, -0.1) is 0 Å². The summed E-state index contributed by atoms with van der Waals surface area (Å²) in [6, 6.07) is 8.26. The van der Waals surface area contributed by atoms with Crippen molar-refractivity contribution in [2.24, 2.45) is 0 Å². The molecular weight excluding hydrogens is 266 g/mol. The Balaban J connectivity index is 2.10. The topological polar surface area (TPSA) is 53.6 Å². The zero-order chi connectivity index (χ0) is 15.2. The van der Waals surface area contributed by atoms with Crippen molar-refractivity contribution in [3.8, 4) is 5.75 Å². The highest BCUT2D eigenvalue weighted by Crippen LogP contribution is 2.21. The summed E-state index contributed by atoms with van der Waals surface area (Å²) >= 11 is 0. The maximum absolute atomic E-state index is 12.0. The molecular formula is C16H25N3O2. The molecule has 0 aromatic heterocycles. The summed E-state index contributed by atoms with van der Waals surface area (Å²) < 4.78 is 5.42. The number of ether oxygens (including phenoxy) is 1.